The first kappa shape index (κ1) is 48.9. The first-order valence-electron chi connectivity index (χ1n) is 18.4. The summed E-state index contributed by atoms with van der Waals surface area (Å²) < 4.78 is 12.5. The third-order valence-corrected chi connectivity index (χ3v) is 8.64. The van der Waals surface area contributed by atoms with Crippen LogP contribution in [0.4, 0.5) is 4.39 Å². The molecule has 0 N–H and O–H groups in total. The van der Waals surface area contributed by atoms with Gasteiger partial charge in [0, 0.05) is 61.0 Å². The summed E-state index contributed by atoms with van der Waals surface area (Å²) in [6.07, 6.45) is 5.83. The van der Waals surface area contributed by atoms with Gasteiger partial charge in [-0.1, -0.05) is 81.2 Å². The van der Waals surface area contributed by atoms with Crippen LogP contribution < -0.4 is 0 Å². The Morgan fingerprint density at radius 1 is 0.720 bits per heavy atom. The molecule has 0 aromatic heterocycles. The Kier molecular flexibility index (Phi) is 22.8. The molecule has 0 aliphatic carbocycles. The summed E-state index contributed by atoms with van der Waals surface area (Å²) >= 11 is 0. The standard InChI is InChI=1S/C12H21NO.C11H19NO.C9H16FNO.C9H17NO/c1-8(2)11(9(3)4)13-7-6-10(5)12(13)14;1-8(2)11(9(3)4)12-7-5-6-10(12)13;1-6(2)11(7(3)4)9(12)8(5)10;1-6-9(11)10(7(2)3)8(4)5/h8-9,11H,5-7H2,1-4H3;5-6,8-9,11H,7H2,1-4H3;6-7H,5H2,1-4H3;6-8H,1H2,2-5H3. The van der Waals surface area contributed by atoms with E-state index in [-0.39, 0.29) is 41.9 Å². The molecule has 0 radical (unpaired) electrons. The zero-order valence-corrected chi connectivity index (χ0v) is 34.5. The molecule has 8 nitrogen and oxygen atoms in total. The molecule has 2 rings (SSSR count). The zero-order chi connectivity index (χ0) is 39.8. The minimum Gasteiger partial charge on any atom is -0.335 e. The molecular formula is C41H73FN4O4. The molecule has 0 aromatic rings. The first-order valence-corrected chi connectivity index (χ1v) is 18.4. The number of carbonyl (C=O) groups is 4. The normalized spacial score (nSPS) is 14.3. The maximum atomic E-state index is 12.5. The van der Waals surface area contributed by atoms with E-state index in [1.54, 1.807) is 11.0 Å². The molecule has 2 aliphatic rings. The lowest BCUT2D eigenvalue weighted by atomic mass is 9.92. The summed E-state index contributed by atoms with van der Waals surface area (Å²) in [6.45, 7) is 44.7. The predicted molar refractivity (Wildman–Crippen MR) is 208 cm³/mol. The molecule has 4 amide bonds. The van der Waals surface area contributed by atoms with Crippen molar-refractivity contribution < 1.29 is 23.6 Å². The molecular weight excluding hydrogens is 631 g/mol. The van der Waals surface area contributed by atoms with Crippen molar-refractivity contribution in [1.29, 1.82) is 0 Å². The number of hydrogen-bond acceptors (Lipinski definition) is 4. The fourth-order valence-electron chi connectivity index (χ4n) is 7.07. The van der Waals surface area contributed by atoms with Crippen molar-refractivity contribution >= 4 is 23.6 Å². The van der Waals surface area contributed by atoms with Gasteiger partial charge in [-0.15, -0.1) is 0 Å². The smallest absolute Gasteiger partial charge is 0.282 e. The molecule has 1 fully saturated rings. The van der Waals surface area contributed by atoms with E-state index in [9.17, 15) is 23.6 Å². The molecule has 50 heavy (non-hydrogen) atoms. The summed E-state index contributed by atoms with van der Waals surface area (Å²) in [4.78, 5) is 52.9. The molecule has 0 saturated carbocycles. The highest BCUT2D eigenvalue weighted by atomic mass is 19.1. The Morgan fingerprint density at radius 3 is 1.30 bits per heavy atom. The summed E-state index contributed by atoms with van der Waals surface area (Å²) in [6, 6.07) is 1.25. The van der Waals surface area contributed by atoms with E-state index in [0.29, 0.717) is 35.8 Å². The van der Waals surface area contributed by atoms with Crippen molar-refractivity contribution in [3.8, 4) is 0 Å². The monoisotopic (exact) mass is 705 g/mol. The maximum absolute atomic E-state index is 12.5. The second kappa shape index (κ2) is 23.3. The number of likely N-dealkylation sites (tertiary alicyclic amines) is 1. The van der Waals surface area contributed by atoms with Gasteiger partial charge >= 0.3 is 0 Å². The highest BCUT2D eigenvalue weighted by Gasteiger charge is 2.34. The van der Waals surface area contributed by atoms with Crippen LogP contribution in [0.2, 0.25) is 0 Å². The largest absolute Gasteiger partial charge is 0.335 e. The number of nitrogens with zero attached hydrogens (tertiary/aromatic N) is 4. The maximum Gasteiger partial charge on any atom is 0.282 e. The minimum atomic E-state index is -0.891. The van der Waals surface area contributed by atoms with Gasteiger partial charge in [0.1, 0.15) is 0 Å². The topological polar surface area (TPSA) is 81.2 Å². The molecule has 2 heterocycles. The average molecular weight is 705 g/mol. The van der Waals surface area contributed by atoms with Crippen LogP contribution in [0.15, 0.2) is 49.4 Å². The Hall–Kier alpha value is -3.23. The lowest BCUT2D eigenvalue weighted by Gasteiger charge is -2.34. The van der Waals surface area contributed by atoms with Crippen LogP contribution in [0, 0.1) is 23.7 Å². The quantitative estimate of drug-likeness (QED) is 0.191. The van der Waals surface area contributed by atoms with Crippen LogP contribution in [-0.2, 0) is 19.2 Å². The van der Waals surface area contributed by atoms with Crippen LogP contribution in [-0.4, -0.2) is 92.6 Å². The lowest BCUT2D eigenvalue weighted by molar-refractivity contribution is -0.132. The highest BCUT2D eigenvalue weighted by molar-refractivity contribution is 5.95. The van der Waals surface area contributed by atoms with Gasteiger partial charge in [0.05, 0.1) is 0 Å². The van der Waals surface area contributed by atoms with Crippen molar-refractivity contribution in [3.63, 3.8) is 0 Å². The third kappa shape index (κ3) is 15.8. The van der Waals surface area contributed by atoms with Crippen molar-refractivity contribution in [2.75, 3.05) is 13.1 Å². The Balaban J connectivity index is 0. The van der Waals surface area contributed by atoms with Gasteiger partial charge in [-0.3, -0.25) is 19.2 Å². The second-order valence-corrected chi connectivity index (χ2v) is 15.6. The van der Waals surface area contributed by atoms with Crippen LogP contribution >= 0.6 is 0 Å². The van der Waals surface area contributed by atoms with E-state index in [4.69, 9.17) is 0 Å². The van der Waals surface area contributed by atoms with E-state index < -0.39 is 11.7 Å². The van der Waals surface area contributed by atoms with E-state index in [0.717, 1.165) is 25.1 Å². The van der Waals surface area contributed by atoms with Crippen molar-refractivity contribution in [2.45, 2.75) is 153 Å². The van der Waals surface area contributed by atoms with Crippen LogP contribution in [0.25, 0.3) is 0 Å². The SMILES string of the molecule is C=C(F)C(=O)N(C(C)C)C(C)C.C=C1CCN(C(C(C)C)C(C)C)C1=O.C=CC(=O)N(C(C)C)C(C)C.CC(C)C(C(C)C)N1CC=CC1=O. The summed E-state index contributed by atoms with van der Waals surface area (Å²) in [5.74, 6) is 0.944. The van der Waals surface area contributed by atoms with Gasteiger partial charge in [-0.05, 0) is 91.6 Å². The molecule has 0 atom stereocenters. The summed E-state index contributed by atoms with van der Waals surface area (Å²) in [5, 5.41) is 0. The molecule has 9 heteroatoms. The van der Waals surface area contributed by atoms with E-state index in [1.165, 1.54) is 11.0 Å². The average Bonchev–Trinajstić information content (AvgIpc) is 3.52. The number of carbonyl (C=O) groups excluding carboxylic acids is 4. The van der Waals surface area contributed by atoms with Gasteiger partial charge < -0.3 is 19.6 Å². The van der Waals surface area contributed by atoms with Gasteiger partial charge in [0.15, 0.2) is 5.83 Å². The van der Waals surface area contributed by atoms with E-state index in [2.05, 4.69) is 75.1 Å². The number of amides is 4. The first-order chi connectivity index (χ1) is 22.9. The predicted octanol–water partition coefficient (Wildman–Crippen LogP) is 8.45. The summed E-state index contributed by atoms with van der Waals surface area (Å²) in [7, 11) is 0. The zero-order valence-electron chi connectivity index (χ0n) is 34.5. The van der Waals surface area contributed by atoms with Gasteiger partial charge in [0.2, 0.25) is 17.7 Å². The molecule has 0 aromatic carbocycles. The van der Waals surface area contributed by atoms with Crippen molar-refractivity contribution in [3.05, 3.63) is 49.4 Å². The van der Waals surface area contributed by atoms with Crippen molar-refractivity contribution in [2.24, 2.45) is 23.7 Å². The lowest BCUT2D eigenvalue weighted by Crippen LogP contribution is -2.43. The third-order valence-electron chi connectivity index (χ3n) is 8.64. The fourth-order valence-corrected chi connectivity index (χ4v) is 7.07. The van der Waals surface area contributed by atoms with Gasteiger partial charge in [0.25, 0.3) is 5.91 Å². The van der Waals surface area contributed by atoms with Crippen LogP contribution in [0.1, 0.15) is 117 Å². The van der Waals surface area contributed by atoms with Gasteiger partial charge in [-0.25, -0.2) is 4.39 Å². The molecule has 288 valence electrons. The minimum absolute atomic E-state index is 0.00463. The number of hydrogen-bond donors (Lipinski definition) is 0. The second-order valence-electron chi connectivity index (χ2n) is 15.6. The Bertz CT molecular complexity index is 1120. The molecule has 0 spiro atoms. The number of halogens is 1. The van der Waals surface area contributed by atoms with Crippen molar-refractivity contribution in [1.82, 2.24) is 19.6 Å². The van der Waals surface area contributed by atoms with E-state index in [1.807, 2.05) is 71.3 Å². The summed E-state index contributed by atoms with van der Waals surface area (Å²) in [5.41, 5.74) is 0.774. The highest BCUT2D eigenvalue weighted by Crippen LogP contribution is 2.26. The molecule has 2 aliphatic heterocycles. The van der Waals surface area contributed by atoms with Gasteiger partial charge in [-0.2, -0.15) is 0 Å². The molecule has 0 unspecified atom stereocenters. The fraction of sp³-hybridized carbons (Fsp3) is 0.707. The number of rotatable bonds is 12. The van der Waals surface area contributed by atoms with E-state index >= 15 is 0 Å². The molecule has 1 saturated heterocycles. The Morgan fingerprint density at radius 2 is 1.10 bits per heavy atom. The van der Waals surface area contributed by atoms with Crippen LogP contribution in [0.5, 0.6) is 0 Å². The molecule has 0 bridgehead atoms. The Labute approximate surface area is 305 Å². The van der Waals surface area contributed by atoms with Crippen LogP contribution in [0.3, 0.4) is 0 Å².